The van der Waals surface area contributed by atoms with Gasteiger partial charge in [0.1, 0.15) is 41.5 Å². The van der Waals surface area contributed by atoms with Gasteiger partial charge in [0, 0.05) is 55.8 Å². The van der Waals surface area contributed by atoms with Crippen LogP contribution >= 0.6 is 0 Å². The van der Waals surface area contributed by atoms with Gasteiger partial charge in [-0.05, 0) is 68.9 Å². The molecule has 1 unspecified atom stereocenters. The van der Waals surface area contributed by atoms with Gasteiger partial charge in [-0.3, -0.25) is 14.6 Å². The van der Waals surface area contributed by atoms with E-state index in [1.165, 1.54) is 13.8 Å². The van der Waals surface area contributed by atoms with E-state index in [0.29, 0.717) is 37.9 Å². The highest BCUT2D eigenvalue weighted by Crippen LogP contribution is 2.67. The molecule has 11 heteroatoms. The van der Waals surface area contributed by atoms with Crippen LogP contribution in [0.5, 0.6) is 5.75 Å². The number of aliphatic hydroxyl groups is 1. The predicted octanol–water partition coefficient (Wildman–Crippen LogP) is 4.74. The van der Waals surface area contributed by atoms with Crippen molar-refractivity contribution >= 4 is 11.9 Å². The summed E-state index contributed by atoms with van der Waals surface area (Å²) in [6.45, 7) is 9.33. The first-order chi connectivity index (χ1) is 21.4. The van der Waals surface area contributed by atoms with Gasteiger partial charge in [0.15, 0.2) is 6.29 Å². The Morgan fingerprint density at radius 3 is 2.58 bits per heavy atom. The monoisotopic (exact) mass is 625 g/mol. The van der Waals surface area contributed by atoms with E-state index in [2.05, 4.69) is 11.9 Å². The van der Waals surface area contributed by atoms with Crippen molar-refractivity contribution in [3.63, 3.8) is 0 Å². The lowest BCUT2D eigenvalue weighted by atomic mass is 9.42. The molecule has 9 atom stereocenters. The van der Waals surface area contributed by atoms with Gasteiger partial charge in [-0.15, -0.1) is 0 Å². The highest BCUT2D eigenvalue weighted by molar-refractivity contribution is 5.67. The van der Waals surface area contributed by atoms with Crippen molar-refractivity contribution in [1.29, 1.82) is 0 Å². The summed E-state index contributed by atoms with van der Waals surface area (Å²) in [6.07, 6.45) is 4.49. The van der Waals surface area contributed by atoms with Crippen LogP contribution in [0.3, 0.4) is 0 Å². The molecule has 244 valence electrons. The van der Waals surface area contributed by atoms with E-state index in [0.717, 1.165) is 12.8 Å². The lowest BCUT2D eigenvalue weighted by Gasteiger charge is -2.67. The Labute approximate surface area is 262 Å². The second-order valence-electron chi connectivity index (χ2n) is 13.8. The Bertz CT molecular complexity index is 1490. The first-order valence-corrected chi connectivity index (χ1v) is 15.9. The second kappa shape index (κ2) is 11.8. The van der Waals surface area contributed by atoms with E-state index < -0.39 is 64.5 Å². The summed E-state index contributed by atoms with van der Waals surface area (Å²) < 4.78 is 36.9. The molecule has 6 rings (SSSR count). The van der Waals surface area contributed by atoms with E-state index in [4.69, 9.17) is 28.1 Å². The normalized spacial score (nSPS) is 37.3. The van der Waals surface area contributed by atoms with Crippen LogP contribution in [0, 0.1) is 22.7 Å². The standard InChI is InChI=1S/C34H43NO10/c1-19(36)41-18-33(4)24-16-26(44-27-10-6-7-14-40-27)34(5)30(32(24,3)12-11-25(33)42-20(2)37)29(38)28-23(45-34)15-22(43-31(28)39)21-9-8-13-35-17-21/h8-9,13,15,17,24-27,29-30,38H,6-7,10-12,14,16,18H2,1-5H3/t24-,25+,26+,27?,29+,30-,32+,33+,34-/m1/s1. The predicted molar refractivity (Wildman–Crippen MR) is 160 cm³/mol. The lowest BCUT2D eigenvalue weighted by Crippen LogP contribution is -2.71. The third-order valence-corrected chi connectivity index (χ3v) is 10.9. The highest BCUT2D eigenvalue weighted by atomic mass is 16.7. The minimum Gasteiger partial charge on any atom is -0.484 e. The van der Waals surface area contributed by atoms with Gasteiger partial charge in [-0.1, -0.05) is 13.8 Å². The van der Waals surface area contributed by atoms with Crippen LogP contribution < -0.4 is 10.4 Å². The van der Waals surface area contributed by atoms with Gasteiger partial charge in [-0.2, -0.15) is 0 Å². The number of aliphatic hydroxyl groups excluding tert-OH is 1. The van der Waals surface area contributed by atoms with Crippen LogP contribution in [0.1, 0.15) is 84.8 Å². The minimum absolute atomic E-state index is 0.0147. The van der Waals surface area contributed by atoms with Gasteiger partial charge in [0.2, 0.25) is 0 Å². The lowest BCUT2D eigenvalue weighted by molar-refractivity contribution is -0.302. The molecule has 0 amide bonds. The van der Waals surface area contributed by atoms with Gasteiger partial charge in [-0.25, -0.2) is 4.79 Å². The molecule has 2 saturated carbocycles. The van der Waals surface area contributed by atoms with Crippen LogP contribution in [0.25, 0.3) is 11.3 Å². The Morgan fingerprint density at radius 2 is 1.91 bits per heavy atom. The maximum atomic E-state index is 13.6. The van der Waals surface area contributed by atoms with Crippen LogP contribution in [0.2, 0.25) is 0 Å². The largest absolute Gasteiger partial charge is 0.484 e. The second-order valence-corrected chi connectivity index (χ2v) is 13.8. The number of rotatable bonds is 6. The summed E-state index contributed by atoms with van der Waals surface area (Å²) in [6, 6.07) is 5.17. The Balaban J connectivity index is 1.48. The summed E-state index contributed by atoms with van der Waals surface area (Å²) in [5, 5.41) is 12.3. The Hall–Kier alpha value is -3.28. The van der Waals surface area contributed by atoms with E-state index in [1.807, 2.05) is 13.8 Å². The molecule has 0 bridgehead atoms. The van der Waals surface area contributed by atoms with E-state index in [1.54, 1.807) is 30.6 Å². The summed E-state index contributed by atoms with van der Waals surface area (Å²) >= 11 is 0. The number of pyridine rings is 1. The molecular weight excluding hydrogens is 582 g/mol. The summed E-state index contributed by atoms with van der Waals surface area (Å²) in [4.78, 5) is 42.1. The molecule has 3 fully saturated rings. The zero-order valence-corrected chi connectivity index (χ0v) is 26.6. The van der Waals surface area contributed by atoms with Crippen molar-refractivity contribution in [2.24, 2.45) is 22.7 Å². The molecule has 1 N–H and O–H groups in total. The molecule has 2 aromatic heterocycles. The average Bonchev–Trinajstić information content (AvgIpc) is 2.99. The zero-order valence-electron chi connectivity index (χ0n) is 26.6. The van der Waals surface area contributed by atoms with Crippen LogP contribution in [-0.2, 0) is 28.5 Å². The van der Waals surface area contributed by atoms with Gasteiger partial charge in [0.05, 0.1) is 6.10 Å². The highest BCUT2D eigenvalue weighted by Gasteiger charge is 2.70. The van der Waals surface area contributed by atoms with Crippen molar-refractivity contribution in [2.75, 3.05) is 13.2 Å². The van der Waals surface area contributed by atoms with Crippen molar-refractivity contribution in [1.82, 2.24) is 4.98 Å². The molecule has 45 heavy (non-hydrogen) atoms. The third kappa shape index (κ3) is 5.46. The quantitative estimate of drug-likeness (QED) is 0.351. The molecule has 4 aliphatic rings. The maximum Gasteiger partial charge on any atom is 0.345 e. The maximum absolute atomic E-state index is 13.6. The summed E-state index contributed by atoms with van der Waals surface area (Å²) in [5.74, 6) is -1.23. The Kier molecular flexibility index (Phi) is 8.33. The molecule has 2 aliphatic heterocycles. The topological polar surface area (TPSA) is 144 Å². The number of fused-ring (bicyclic) bond motifs is 4. The summed E-state index contributed by atoms with van der Waals surface area (Å²) in [7, 11) is 0. The smallest absolute Gasteiger partial charge is 0.345 e. The SMILES string of the molecule is CC(=O)OC[C@@]1(C)[C@@H]2C[C@H](OC3CCCCO3)[C@@]3(C)Oc4cc(-c5cccnc5)oc(=O)c4[C@H](O)[C@@H]3[C@@]2(C)CC[C@@H]1OC(C)=O. The molecule has 0 radical (unpaired) electrons. The number of nitrogens with zero attached hydrogens (tertiary/aromatic N) is 1. The van der Waals surface area contributed by atoms with Gasteiger partial charge < -0.3 is 33.2 Å². The van der Waals surface area contributed by atoms with Gasteiger partial charge in [0.25, 0.3) is 0 Å². The number of hydrogen-bond donors (Lipinski definition) is 1. The van der Waals surface area contributed by atoms with E-state index >= 15 is 0 Å². The van der Waals surface area contributed by atoms with E-state index in [-0.39, 0.29) is 29.6 Å². The van der Waals surface area contributed by atoms with E-state index in [9.17, 15) is 19.5 Å². The molecule has 1 saturated heterocycles. The van der Waals surface area contributed by atoms with Crippen molar-refractivity contribution in [3.05, 3.63) is 46.6 Å². The zero-order chi connectivity index (χ0) is 32.1. The molecule has 0 aromatic carbocycles. The van der Waals surface area contributed by atoms with Crippen LogP contribution in [-0.4, -0.2) is 59.3 Å². The minimum atomic E-state index is -1.26. The number of aromatic nitrogens is 1. The average molecular weight is 626 g/mol. The fourth-order valence-electron chi connectivity index (χ4n) is 8.86. The molecule has 2 aromatic rings. The molecule has 11 nitrogen and oxygen atoms in total. The molecule has 2 aliphatic carbocycles. The van der Waals surface area contributed by atoms with Crippen molar-refractivity contribution in [3.8, 4) is 17.1 Å². The number of ether oxygens (including phenoxy) is 5. The fraction of sp³-hybridized carbons (Fsp3) is 0.647. The van der Waals surface area contributed by atoms with Crippen LogP contribution in [0.4, 0.5) is 0 Å². The van der Waals surface area contributed by atoms with Gasteiger partial charge >= 0.3 is 17.6 Å². The van der Waals surface area contributed by atoms with Crippen LogP contribution in [0.15, 0.2) is 39.8 Å². The first-order valence-electron chi connectivity index (χ1n) is 15.9. The fourth-order valence-corrected chi connectivity index (χ4v) is 8.86. The molecule has 0 spiro atoms. The summed E-state index contributed by atoms with van der Waals surface area (Å²) in [5.41, 5.74) is -2.59. The molecular formula is C34H43NO10. The number of carbonyl (C=O) groups is 2. The number of hydrogen-bond acceptors (Lipinski definition) is 11. The third-order valence-electron chi connectivity index (χ3n) is 10.9. The van der Waals surface area contributed by atoms with Crippen molar-refractivity contribution in [2.45, 2.75) is 103 Å². The number of esters is 2. The first kappa shape index (κ1) is 31.7. The molecule has 4 heterocycles. The Morgan fingerprint density at radius 1 is 1.11 bits per heavy atom. The van der Waals surface area contributed by atoms with Crippen molar-refractivity contribution < 1.29 is 42.8 Å². The number of carbonyl (C=O) groups excluding carboxylic acids is 2.